The number of likely N-dealkylation sites (N-methyl/N-ethyl adjacent to an activating group) is 1. The summed E-state index contributed by atoms with van der Waals surface area (Å²) in [7, 11) is 1.46. The van der Waals surface area contributed by atoms with Crippen molar-refractivity contribution in [3.63, 3.8) is 0 Å². The van der Waals surface area contributed by atoms with E-state index in [0.717, 1.165) is 128 Å². The number of carbonyl (C=O) groups is 2. The minimum atomic E-state index is -4.40. The molecule has 2 atom stereocenters. The maximum Gasteiger partial charge on any atom is 0.472 e. The molecule has 0 aromatic rings. The summed E-state index contributed by atoms with van der Waals surface area (Å²) in [5.41, 5.74) is 0. The van der Waals surface area contributed by atoms with E-state index in [1.807, 2.05) is 21.1 Å². The summed E-state index contributed by atoms with van der Waals surface area (Å²) in [4.78, 5) is 35.8. The Morgan fingerprint density at radius 2 is 0.643 bits per heavy atom. The van der Waals surface area contributed by atoms with Crippen LogP contribution in [0.15, 0.2) is 146 Å². The number of quaternary nitrogens is 1. The zero-order chi connectivity index (χ0) is 61.2. The van der Waals surface area contributed by atoms with Gasteiger partial charge in [0.1, 0.15) is 19.8 Å². The smallest absolute Gasteiger partial charge is 0.462 e. The molecule has 9 nitrogen and oxygen atoms in total. The summed E-state index contributed by atoms with van der Waals surface area (Å²) in [6, 6.07) is 0. The number of allylic oxidation sites excluding steroid dienone is 24. The lowest BCUT2D eigenvalue weighted by atomic mass is 10.0. The molecule has 0 spiro atoms. The molecular formula is C74H125NO8P+. The number of carbonyl (C=O) groups excluding carboxylic acids is 2. The average Bonchev–Trinajstić information content (AvgIpc) is 3.61. The molecule has 10 heteroatoms. The molecular weight excluding hydrogens is 1060 g/mol. The highest BCUT2D eigenvalue weighted by atomic mass is 31.2. The molecule has 0 heterocycles. The highest BCUT2D eigenvalue weighted by Gasteiger charge is 2.27. The van der Waals surface area contributed by atoms with Gasteiger partial charge in [-0.25, -0.2) is 4.57 Å². The van der Waals surface area contributed by atoms with E-state index in [1.165, 1.54) is 96.3 Å². The highest BCUT2D eigenvalue weighted by Crippen LogP contribution is 2.43. The summed E-state index contributed by atoms with van der Waals surface area (Å²) in [5.74, 6) is -0.809. The number of ether oxygens (including phenoxy) is 2. The Labute approximate surface area is 516 Å². The second kappa shape index (κ2) is 63.4. The summed E-state index contributed by atoms with van der Waals surface area (Å²) < 4.78 is 34.7. The van der Waals surface area contributed by atoms with Crippen LogP contribution in [-0.2, 0) is 32.7 Å². The third kappa shape index (κ3) is 67.0. The molecule has 0 rings (SSSR count). The molecule has 0 fully saturated rings. The van der Waals surface area contributed by atoms with Gasteiger partial charge in [0.25, 0.3) is 0 Å². The van der Waals surface area contributed by atoms with Crippen molar-refractivity contribution < 1.29 is 42.1 Å². The van der Waals surface area contributed by atoms with Crippen molar-refractivity contribution in [1.82, 2.24) is 0 Å². The predicted molar refractivity (Wildman–Crippen MR) is 362 cm³/mol. The van der Waals surface area contributed by atoms with E-state index in [9.17, 15) is 19.0 Å². The molecule has 1 N–H and O–H groups in total. The molecule has 0 aliphatic carbocycles. The van der Waals surface area contributed by atoms with Gasteiger partial charge in [-0.15, -0.1) is 0 Å². The van der Waals surface area contributed by atoms with E-state index >= 15 is 0 Å². The number of hydrogen-bond donors (Lipinski definition) is 1. The van der Waals surface area contributed by atoms with Gasteiger partial charge in [-0.3, -0.25) is 18.6 Å². The van der Waals surface area contributed by atoms with Crippen molar-refractivity contribution in [2.45, 2.75) is 264 Å². The first kappa shape index (κ1) is 79.9. The molecule has 84 heavy (non-hydrogen) atoms. The topological polar surface area (TPSA) is 108 Å². The van der Waals surface area contributed by atoms with E-state index in [2.05, 4.69) is 160 Å². The summed E-state index contributed by atoms with van der Waals surface area (Å²) in [6.45, 7) is 4.20. The molecule has 0 aromatic carbocycles. The first-order valence-corrected chi connectivity index (χ1v) is 35.1. The summed E-state index contributed by atoms with van der Waals surface area (Å²) >= 11 is 0. The number of hydrogen-bond acceptors (Lipinski definition) is 7. The number of phosphoric ester groups is 1. The van der Waals surface area contributed by atoms with E-state index in [-0.39, 0.29) is 32.0 Å². The lowest BCUT2D eigenvalue weighted by Gasteiger charge is -2.24. The molecule has 0 aromatic heterocycles. The number of phosphoric acid groups is 1. The molecule has 2 unspecified atom stereocenters. The Balaban J connectivity index is 4.10. The third-order valence-electron chi connectivity index (χ3n) is 13.9. The van der Waals surface area contributed by atoms with E-state index in [4.69, 9.17) is 18.5 Å². The van der Waals surface area contributed by atoms with Gasteiger partial charge in [-0.05, 0) is 116 Å². The number of unbranched alkanes of at least 4 members (excludes halogenated alkanes) is 22. The van der Waals surface area contributed by atoms with Crippen molar-refractivity contribution in [1.29, 1.82) is 0 Å². The van der Waals surface area contributed by atoms with Gasteiger partial charge in [-0.1, -0.05) is 275 Å². The van der Waals surface area contributed by atoms with Crippen LogP contribution in [0.2, 0.25) is 0 Å². The van der Waals surface area contributed by atoms with E-state index < -0.39 is 26.5 Å². The zero-order valence-corrected chi connectivity index (χ0v) is 55.2. The van der Waals surface area contributed by atoms with Crippen LogP contribution in [0, 0.1) is 0 Å². The largest absolute Gasteiger partial charge is 0.472 e. The maximum atomic E-state index is 12.9. The lowest BCUT2D eigenvalue weighted by Crippen LogP contribution is -2.37. The van der Waals surface area contributed by atoms with Gasteiger partial charge >= 0.3 is 19.8 Å². The number of rotatable bonds is 60. The molecule has 0 aliphatic heterocycles. The van der Waals surface area contributed by atoms with Gasteiger partial charge in [0.05, 0.1) is 27.7 Å². The van der Waals surface area contributed by atoms with Crippen LogP contribution < -0.4 is 0 Å². The standard InChI is InChI=1S/C74H124NO8P/c1-6-8-10-12-14-16-18-20-22-24-26-28-30-31-32-33-34-35-36-37-38-39-40-41-42-43-45-47-49-51-53-55-57-59-61-63-65-67-74(77)83-72(71-82-84(78,79)81-69-68-75(3,4)5)70-80-73(76)66-64-62-60-58-56-54-52-50-48-46-44-29-27-25-23-21-19-17-15-13-11-9-7-2/h8-11,14-17,20-23,26-29,31-32,34-35,37-38,40-41,72H,6-7,12-13,18-19,24-25,30,33,36,39,42-71H2,1-5H3/p+1/b10-8-,11-9-,16-14-,17-15-,22-20-,23-21-,28-26-,29-27-,32-31-,35-34-,38-37-,41-40-. The second-order valence-electron chi connectivity index (χ2n) is 23.1. The van der Waals surface area contributed by atoms with Crippen LogP contribution in [0.4, 0.5) is 0 Å². The van der Waals surface area contributed by atoms with Gasteiger partial charge in [0, 0.05) is 12.8 Å². The lowest BCUT2D eigenvalue weighted by molar-refractivity contribution is -0.870. The predicted octanol–water partition coefficient (Wildman–Crippen LogP) is 21.8. The van der Waals surface area contributed by atoms with Crippen LogP contribution in [0.1, 0.15) is 258 Å². The number of esters is 2. The Morgan fingerprint density at radius 3 is 0.952 bits per heavy atom. The van der Waals surface area contributed by atoms with Crippen molar-refractivity contribution in [2.24, 2.45) is 0 Å². The molecule has 478 valence electrons. The quantitative estimate of drug-likeness (QED) is 0.0211. The van der Waals surface area contributed by atoms with E-state index in [1.54, 1.807) is 0 Å². The van der Waals surface area contributed by atoms with Gasteiger partial charge in [-0.2, -0.15) is 0 Å². The Morgan fingerprint density at radius 1 is 0.369 bits per heavy atom. The van der Waals surface area contributed by atoms with Crippen LogP contribution in [0.5, 0.6) is 0 Å². The zero-order valence-electron chi connectivity index (χ0n) is 54.3. The molecule has 0 aliphatic rings. The summed E-state index contributed by atoms with van der Waals surface area (Å²) in [5, 5.41) is 0. The van der Waals surface area contributed by atoms with Crippen LogP contribution in [0.3, 0.4) is 0 Å². The van der Waals surface area contributed by atoms with Gasteiger partial charge in [0.2, 0.25) is 0 Å². The fraction of sp³-hybridized carbons (Fsp3) is 0.649. The van der Waals surface area contributed by atoms with Crippen molar-refractivity contribution in [3.8, 4) is 0 Å². The highest BCUT2D eigenvalue weighted by molar-refractivity contribution is 7.47. The first-order chi connectivity index (χ1) is 41.0. The Hall–Kier alpha value is -4.11. The third-order valence-corrected chi connectivity index (χ3v) is 14.8. The molecule has 0 bridgehead atoms. The van der Waals surface area contributed by atoms with Crippen LogP contribution in [-0.4, -0.2) is 74.9 Å². The van der Waals surface area contributed by atoms with Crippen molar-refractivity contribution in [3.05, 3.63) is 146 Å². The van der Waals surface area contributed by atoms with Crippen molar-refractivity contribution >= 4 is 19.8 Å². The minimum absolute atomic E-state index is 0.0241. The fourth-order valence-corrected chi connectivity index (χ4v) is 9.53. The first-order valence-electron chi connectivity index (χ1n) is 33.6. The SMILES string of the molecule is CC/C=C\C/C=C\C/C=C\C/C=C\C/C=C\C/C=C\C/C=C\C/C=C\CCCCCCCCCCCCCCC(=O)OC(COC(=O)CCCCCCCCCCCC/C=C\C/C=C\C/C=C\C/C=C\CC)COP(=O)(O)OCC[N+](C)(C)C. The molecule has 0 amide bonds. The average molecular weight is 1190 g/mol. The minimum Gasteiger partial charge on any atom is -0.462 e. The molecule has 0 saturated heterocycles. The van der Waals surface area contributed by atoms with Crippen LogP contribution in [0.25, 0.3) is 0 Å². The fourth-order valence-electron chi connectivity index (χ4n) is 8.79. The summed E-state index contributed by atoms with van der Waals surface area (Å²) in [6.07, 6.45) is 93.6. The van der Waals surface area contributed by atoms with E-state index in [0.29, 0.717) is 17.4 Å². The van der Waals surface area contributed by atoms with Crippen LogP contribution >= 0.6 is 7.82 Å². The van der Waals surface area contributed by atoms with Gasteiger partial charge in [0.15, 0.2) is 6.10 Å². The van der Waals surface area contributed by atoms with Gasteiger partial charge < -0.3 is 18.9 Å². The Bertz CT molecular complexity index is 1930. The normalized spacial score (nSPS) is 14.1. The second-order valence-corrected chi connectivity index (χ2v) is 24.5. The molecule has 0 radical (unpaired) electrons. The van der Waals surface area contributed by atoms with Crippen molar-refractivity contribution in [2.75, 3.05) is 47.5 Å². The molecule has 0 saturated carbocycles. The monoisotopic (exact) mass is 1190 g/mol. The maximum absolute atomic E-state index is 12.9. The number of nitrogens with zero attached hydrogens (tertiary/aromatic N) is 1. The Kier molecular flexibility index (Phi) is 60.3.